The lowest BCUT2D eigenvalue weighted by Crippen LogP contribution is -2.10. The monoisotopic (exact) mass is 412 g/mol. The number of unbranched alkanes of at least 4 members (excludes halogenated alkanes) is 3. The average molecular weight is 413 g/mol. The third-order valence-electron chi connectivity index (χ3n) is 4.47. The highest BCUT2D eigenvalue weighted by atomic mass is 79.9. The van der Waals surface area contributed by atoms with Crippen LogP contribution in [0.4, 0.5) is 0 Å². The number of hydrogen-bond donors (Lipinski definition) is 0. The van der Waals surface area contributed by atoms with Gasteiger partial charge in [0.2, 0.25) is 0 Å². The zero-order valence-electron chi connectivity index (χ0n) is 15.2. The molecule has 0 fully saturated rings. The maximum atomic E-state index is 4.60. The van der Waals surface area contributed by atoms with Gasteiger partial charge in [-0.15, -0.1) is 10.2 Å². The van der Waals surface area contributed by atoms with Crippen molar-refractivity contribution in [3.63, 3.8) is 0 Å². The largest absolute Gasteiger partial charge is 0.312 e. The zero-order chi connectivity index (χ0) is 18.2. The number of nitrogens with zero attached hydrogens (tertiary/aromatic N) is 4. The molecule has 5 heteroatoms. The van der Waals surface area contributed by atoms with Gasteiger partial charge in [0, 0.05) is 28.7 Å². The van der Waals surface area contributed by atoms with E-state index in [1.807, 2.05) is 30.5 Å². The summed E-state index contributed by atoms with van der Waals surface area (Å²) in [5.41, 5.74) is 3.08. The molecule has 4 nitrogen and oxygen atoms in total. The van der Waals surface area contributed by atoms with Crippen LogP contribution in [-0.4, -0.2) is 24.6 Å². The summed E-state index contributed by atoms with van der Waals surface area (Å²) < 4.78 is 2.11. The van der Waals surface area contributed by atoms with Crippen molar-refractivity contribution in [2.24, 2.45) is 0 Å². The first kappa shape index (κ1) is 18.8. The average Bonchev–Trinajstić information content (AvgIpc) is 3.14. The number of pyridine rings is 1. The first-order valence-corrected chi connectivity index (χ1v) is 10.2. The topological polar surface area (TPSA) is 43.6 Å². The lowest BCUT2D eigenvalue weighted by Gasteiger charge is -2.12. The lowest BCUT2D eigenvalue weighted by molar-refractivity contribution is 0.576. The number of hydrogen-bond acceptors (Lipinski definition) is 3. The third-order valence-corrected chi connectivity index (χ3v) is 5.22. The summed E-state index contributed by atoms with van der Waals surface area (Å²) in [7, 11) is 0. The Labute approximate surface area is 163 Å². The molecule has 0 saturated heterocycles. The minimum Gasteiger partial charge on any atom is -0.312 e. The molecule has 0 amide bonds. The minimum atomic E-state index is 0.436. The van der Waals surface area contributed by atoms with Crippen LogP contribution in [0, 0.1) is 0 Å². The Morgan fingerprint density at radius 2 is 1.85 bits per heavy atom. The quantitative estimate of drug-likeness (QED) is 0.332. The molecule has 1 aromatic carbocycles. The van der Waals surface area contributed by atoms with Gasteiger partial charge in [-0.1, -0.05) is 78.9 Å². The molecule has 0 spiro atoms. The van der Waals surface area contributed by atoms with Crippen LogP contribution in [0.1, 0.15) is 39.0 Å². The van der Waals surface area contributed by atoms with Gasteiger partial charge in [-0.25, -0.2) is 0 Å². The molecule has 0 radical (unpaired) electrons. The number of alkyl halides is 1. The molecule has 1 unspecified atom stereocenters. The third kappa shape index (κ3) is 5.01. The van der Waals surface area contributed by atoms with E-state index in [9.17, 15) is 0 Å². The molecule has 0 aliphatic rings. The molecular weight excluding hydrogens is 388 g/mol. The second-order valence-electron chi connectivity index (χ2n) is 6.55. The highest BCUT2D eigenvalue weighted by molar-refractivity contribution is 9.09. The number of benzene rings is 1. The fourth-order valence-corrected chi connectivity index (χ4v) is 3.65. The van der Waals surface area contributed by atoms with Gasteiger partial charge in [0.25, 0.3) is 0 Å². The Morgan fingerprint density at radius 3 is 2.58 bits per heavy atom. The summed E-state index contributed by atoms with van der Waals surface area (Å²) in [5.74, 6) is 0.870. The normalized spacial score (nSPS) is 12.2. The van der Waals surface area contributed by atoms with Gasteiger partial charge in [-0.2, -0.15) is 0 Å². The predicted molar refractivity (Wildman–Crippen MR) is 110 cm³/mol. The summed E-state index contributed by atoms with van der Waals surface area (Å²) in [5, 5.41) is 8.41. The van der Waals surface area contributed by atoms with Gasteiger partial charge >= 0.3 is 0 Å². The van der Waals surface area contributed by atoms with Gasteiger partial charge in [0.05, 0.1) is 5.69 Å². The van der Waals surface area contributed by atoms with Crippen molar-refractivity contribution in [2.75, 3.05) is 0 Å². The Balaban J connectivity index is 1.66. The molecule has 3 aromatic rings. The van der Waals surface area contributed by atoms with Crippen LogP contribution in [-0.2, 0) is 6.54 Å². The van der Waals surface area contributed by atoms with Crippen LogP contribution in [0.25, 0.3) is 22.6 Å². The highest BCUT2D eigenvalue weighted by Crippen LogP contribution is 2.22. The maximum absolute atomic E-state index is 4.60. The van der Waals surface area contributed by atoms with E-state index in [2.05, 4.69) is 60.8 Å². The van der Waals surface area contributed by atoms with Gasteiger partial charge in [0.1, 0.15) is 6.33 Å². The molecule has 0 saturated carbocycles. The second-order valence-corrected chi connectivity index (χ2v) is 7.85. The molecule has 0 aliphatic heterocycles. The van der Waals surface area contributed by atoms with Crippen LogP contribution < -0.4 is 0 Å². The van der Waals surface area contributed by atoms with Crippen molar-refractivity contribution in [3.05, 3.63) is 55.0 Å². The summed E-state index contributed by atoms with van der Waals surface area (Å²) in [4.78, 5) is 5.04. The Morgan fingerprint density at radius 1 is 1.00 bits per heavy atom. The first-order chi connectivity index (χ1) is 12.8. The van der Waals surface area contributed by atoms with Crippen molar-refractivity contribution >= 4 is 15.9 Å². The number of halogens is 1. The van der Waals surface area contributed by atoms with Crippen molar-refractivity contribution in [1.29, 1.82) is 0 Å². The van der Waals surface area contributed by atoms with E-state index < -0.39 is 0 Å². The molecule has 2 heterocycles. The minimum absolute atomic E-state index is 0.436. The SMILES string of the molecule is CCCCCCC(Br)Cn1cnnc1-c1ccc(-c2ccccc2)nc1. The van der Waals surface area contributed by atoms with Crippen LogP contribution in [0.3, 0.4) is 0 Å². The number of rotatable bonds is 9. The molecule has 1 atom stereocenters. The fourth-order valence-electron chi connectivity index (χ4n) is 3.02. The fraction of sp³-hybridized carbons (Fsp3) is 0.381. The van der Waals surface area contributed by atoms with E-state index in [1.165, 1.54) is 32.1 Å². The molecular formula is C21H25BrN4. The summed E-state index contributed by atoms with van der Waals surface area (Å²) in [6, 6.07) is 14.3. The van der Waals surface area contributed by atoms with Crippen LogP contribution >= 0.6 is 15.9 Å². The molecule has 0 aliphatic carbocycles. The standard InChI is InChI=1S/C21H25BrN4/c1-2-3-4-8-11-19(22)15-26-16-24-25-21(26)18-12-13-20(23-14-18)17-9-6-5-7-10-17/h5-7,9-10,12-14,16,19H,2-4,8,11,15H2,1H3. The summed E-state index contributed by atoms with van der Waals surface area (Å²) in [6.45, 7) is 3.11. The van der Waals surface area contributed by atoms with Gasteiger partial charge in [-0.3, -0.25) is 4.98 Å². The molecule has 2 aromatic heterocycles. The van der Waals surface area contributed by atoms with Crippen molar-refractivity contribution in [2.45, 2.75) is 50.4 Å². The zero-order valence-corrected chi connectivity index (χ0v) is 16.8. The Hall–Kier alpha value is -2.01. The van der Waals surface area contributed by atoms with E-state index in [-0.39, 0.29) is 0 Å². The van der Waals surface area contributed by atoms with E-state index in [0.29, 0.717) is 4.83 Å². The van der Waals surface area contributed by atoms with Gasteiger partial charge in [-0.05, 0) is 18.6 Å². The van der Waals surface area contributed by atoms with E-state index in [1.54, 1.807) is 6.33 Å². The predicted octanol–water partition coefficient (Wildman–Crippen LogP) is 5.74. The summed E-state index contributed by atoms with van der Waals surface area (Å²) >= 11 is 3.81. The van der Waals surface area contributed by atoms with Crippen LogP contribution in [0.15, 0.2) is 55.0 Å². The van der Waals surface area contributed by atoms with Crippen LogP contribution in [0.5, 0.6) is 0 Å². The van der Waals surface area contributed by atoms with E-state index >= 15 is 0 Å². The van der Waals surface area contributed by atoms with Gasteiger partial charge in [0.15, 0.2) is 5.82 Å². The summed E-state index contributed by atoms with van der Waals surface area (Å²) in [6.07, 6.45) is 10.0. The van der Waals surface area contributed by atoms with Crippen molar-refractivity contribution in [3.8, 4) is 22.6 Å². The number of aromatic nitrogens is 4. The Kier molecular flexibility index (Phi) is 6.95. The van der Waals surface area contributed by atoms with E-state index in [0.717, 1.165) is 29.2 Å². The molecule has 0 N–H and O–H groups in total. The van der Waals surface area contributed by atoms with Gasteiger partial charge < -0.3 is 4.57 Å². The molecule has 0 bridgehead atoms. The highest BCUT2D eigenvalue weighted by Gasteiger charge is 2.12. The first-order valence-electron chi connectivity index (χ1n) is 9.31. The molecule has 3 rings (SSSR count). The van der Waals surface area contributed by atoms with Crippen molar-refractivity contribution < 1.29 is 0 Å². The lowest BCUT2D eigenvalue weighted by atomic mass is 10.1. The van der Waals surface area contributed by atoms with E-state index in [4.69, 9.17) is 0 Å². The van der Waals surface area contributed by atoms with Crippen molar-refractivity contribution in [1.82, 2.24) is 19.7 Å². The maximum Gasteiger partial charge on any atom is 0.165 e. The molecule has 26 heavy (non-hydrogen) atoms. The smallest absolute Gasteiger partial charge is 0.165 e. The second kappa shape index (κ2) is 9.62. The Bertz CT molecular complexity index is 783. The van der Waals surface area contributed by atoms with Crippen LogP contribution in [0.2, 0.25) is 0 Å². The molecule has 136 valence electrons.